The van der Waals surface area contributed by atoms with E-state index in [1.165, 1.54) is 12.5 Å². The molecular formula is C14H18F3N3. The van der Waals surface area contributed by atoms with Crippen molar-refractivity contribution in [3.05, 3.63) is 29.3 Å². The highest BCUT2D eigenvalue weighted by atomic mass is 19.4. The Morgan fingerprint density at radius 2 is 1.90 bits per heavy atom. The number of alkyl halides is 3. The minimum absolute atomic E-state index is 0.155. The Kier molecular flexibility index (Phi) is 3.17. The third-order valence-corrected chi connectivity index (χ3v) is 4.47. The summed E-state index contributed by atoms with van der Waals surface area (Å²) >= 11 is 0. The summed E-state index contributed by atoms with van der Waals surface area (Å²) in [6.45, 7) is 2.03. The van der Waals surface area contributed by atoms with Gasteiger partial charge in [0.15, 0.2) is 0 Å². The van der Waals surface area contributed by atoms with Gasteiger partial charge in [0.25, 0.3) is 0 Å². The van der Waals surface area contributed by atoms with Crippen LogP contribution in [0.4, 0.5) is 18.9 Å². The Labute approximate surface area is 116 Å². The second-order valence-corrected chi connectivity index (χ2v) is 5.82. The maximum atomic E-state index is 13.0. The van der Waals surface area contributed by atoms with Crippen LogP contribution in [0.1, 0.15) is 17.5 Å². The summed E-state index contributed by atoms with van der Waals surface area (Å²) in [4.78, 5) is 4.42. The minimum Gasteiger partial charge on any atom is -0.399 e. The molecule has 110 valence electrons. The standard InChI is InChI=1S/C14H18F3N3/c1-19-11-5-12(19)8-20(7-11)6-9-2-3-10(18)4-13(9)14(15,16)17/h2-4,11-12H,5-8,18H2,1H3. The lowest BCUT2D eigenvalue weighted by Crippen LogP contribution is -2.66. The molecule has 2 N–H and O–H groups in total. The van der Waals surface area contributed by atoms with Gasteiger partial charge >= 0.3 is 6.18 Å². The summed E-state index contributed by atoms with van der Waals surface area (Å²) < 4.78 is 39.1. The molecule has 2 bridgehead atoms. The molecule has 3 fully saturated rings. The zero-order chi connectivity index (χ0) is 14.5. The third-order valence-electron chi connectivity index (χ3n) is 4.47. The topological polar surface area (TPSA) is 32.5 Å². The molecule has 3 aliphatic heterocycles. The minimum atomic E-state index is -4.35. The Morgan fingerprint density at radius 3 is 2.45 bits per heavy atom. The van der Waals surface area contributed by atoms with Crippen molar-refractivity contribution in [2.75, 3.05) is 25.9 Å². The summed E-state index contributed by atoms with van der Waals surface area (Å²) in [5.74, 6) is 0. The molecule has 1 aromatic rings. The SMILES string of the molecule is CN1C2CC1CN(Cc1ccc(N)cc1C(F)(F)F)C2. The van der Waals surface area contributed by atoms with Gasteiger partial charge in [0.05, 0.1) is 5.56 Å². The van der Waals surface area contributed by atoms with Crippen LogP contribution in [0.25, 0.3) is 0 Å². The molecule has 0 spiro atoms. The van der Waals surface area contributed by atoms with E-state index >= 15 is 0 Å². The molecule has 3 saturated heterocycles. The van der Waals surface area contributed by atoms with Gasteiger partial charge in [-0.25, -0.2) is 0 Å². The Balaban J connectivity index is 1.78. The molecule has 20 heavy (non-hydrogen) atoms. The number of nitrogens with two attached hydrogens (primary N) is 1. The smallest absolute Gasteiger partial charge is 0.399 e. The number of hydrogen-bond acceptors (Lipinski definition) is 3. The van der Waals surface area contributed by atoms with Crippen LogP contribution in [0.3, 0.4) is 0 Å². The number of benzene rings is 1. The van der Waals surface area contributed by atoms with E-state index in [2.05, 4.69) is 16.8 Å². The number of likely N-dealkylation sites (N-methyl/N-ethyl adjacent to an activating group) is 1. The lowest BCUT2D eigenvalue weighted by atomic mass is 9.88. The van der Waals surface area contributed by atoms with Crippen LogP contribution in [0, 0.1) is 0 Å². The van der Waals surface area contributed by atoms with E-state index < -0.39 is 11.7 Å². The molecule has 3 aliphatic rings. The average Bonchev–Trinajstić information content (AvgIpc) is 2.39. The molecule has 2 atom stereocenters. The second kappa shape index (κ2) is 4.63. The third kappa shape index (κ3) is 2.38. The maximum Gasteiger partial charge on any atom is 0.416 e. The van der Waals surface area contributed by atoms with E-state index in [0.717, 1.165) is 19.2 Å². The molecule has 3 nitrogen and oxygen atoms in total. The first-order chi connectivity index (χ1) is 9.34. The quantitative estimate of drug-likeness (QED) is 0.845. The lowest BCUT2D eigenvalue weighted by Gasteiger charge is -2.55. The second-order valence-electron chi connectivity index (χ2n) is 5.82. The fourth-order valence-electron chi connectivity index (χ4n) is 3.25. The molecule has 6 heteroatoms. The van der Waals surface area contributed by atoms with Crippen molar-refractivity contribution in [2.45, 2.75) is 31.2 Å². The van der Waals surface area contributed by atoms with Crippen LogP contribution in [0.15, 0.2) is 18.2 Å². The van der Waals surface area contributed by atoms with E-state index in [1.807, 2.05) is 0 Å². The van der Waals surface area contributed by atoms with Gasteiger partial charge in [-0.2, -0.15) is 13.2 Å². The highest BCUT2D eigenvalue weighted by molar-refractivity contribution is 5.46. The van der Waals surface area contributed by atoms with Crippen molar-refractivity contribution in [3.8, 4) is 0 Å². The zero-order valence-corrected chi connectivity index (χ0v) is 11.3. The lowest BCUT2D eigenvalue weighted by molar-refractivity contribution is -0.138. The van der Waals surface area contributed by atoms with Gasteiger partial charge in [0.2, 0.25) is 0 Å². The van der Waals surface area contributed by atoms with Crippen molar-refractivity contribution in [3.63, 3.8) is 0 Å². The highest BCUT2D eigenvalue weighted by Crippen LogP contribution is 2.36. The first-order valence-corrected chi connectivity index (χ1v) is 6.74. The normalized spacial score (nSPS) is 27.4. The predicted molar refractivity (Wildman–Crippen MR) is 71.1 cm³/mol. The van der Waals surface area contributed by atoms with Crippen molar-refractivity contribution in [1.29, 1.82) is 0 Å². The van der Waals surface area contributed by atoms with Gasteiger partial charge < -0.3 is 5.73 Å². The number of nitrogens with zero attached hydrogens (tertiary/aromatic N) is 2. The van der Waals surface area contributed by atoms with Crippen molar-refractivity contribution < 1.29 is 13.2 Å². The van der Waals surface area contributed by atoms with E-state index in [-0.39, 0.29) is 5.69 Å². The van der Waals surface area contributed by atoms with Gasteiger partial charge in [-0.15, -0.1) is 0 Å². The molecule has 1 aromatic carbocycles. The van der Waals surface area contributed by atoms with Crippen LogP contribution < -0.4 is 5.73 Å². The summed E-state index contributed by atoms with van der Waals surface area (Å²) in [7, 11) is 2.08. The number of fused-ring (bicyclic) bond motifs is 2. The summed E-state index contributed by atoms with van der Waals surface area (Å²) in [6.07, 6.45) is -3.18. The Morgan fingerprint density at radius 1 is 1.25 bits per heavy atom. The molecule has 0 amide bonds. The fourth-order valence-corrected chi connectivity index (χ4v) is 3.25. The zero-order valence-electron chi connectivity index (χ0n) is 11.3. The van der Waals surface area contributed by atoms with Gasteiger partial charge in [-0.3, -0.25) is 9.80 Å². The number of rotatable bonds is 2. The van der Waals surface area contributed by atoms with Gasteiger partial charge in [-0.1, -0.05) is 6.07 Å². The van der Waals surface area contributed by atoms with Gasteiger partial charge in [-0.05, 0) is 31.2 Å². The molecule has 2 unspecified atom stereocenters. The monoisotopic (exact) mass is 285 g/mol. The van der Waals surface area contributed by atoms with Gasteiger partial charge in [0, 0.05) is 37.4 Å². The first kappa shape index (κ1) is 13.7. The number of piperidine rings is 1. The molecule has 0 saturated carbocycles. The number of anilines is 1. The molecule has 0 radical (unpaired) electrons. The predicted octanol–water partition coefficient (Wildman–Crippen LogP) is 2.18. The number of hydrogen-bond donors (Lipinski definition) is 1. The van der Waals surface area contributed by atoms with Gasteiger partial charge in [0.1, 0.15) is 0 Å². The maximum absolute atomic E-state index is 13.0. The van der Waals surface area contributed by atoms with Crippen molar-refractivity contribution in [2.24, 2.45) is 0 Å². The van der Waals surface area contributed by atoms with E-state index in [0.29, 0.717) is 24.2 Å². The number of halogens is 3. The van der Waals surface area contributed by atoms with Crippen LogP contribution >= 0.6 is 0 Å². The van der Waals surface area contributed by atoms with Crippen molar-refractivity contribution >= 4 is 5.69 Å². The fraction of sp³-hybridized carbons (Fsp3) is 0.571. The molecule has 3 heterocycles. The molecule has 0 aliphatic carbocycles. The van der Waals surface area contributed by atoms with E-state index in [9.17, 15) is 13.2 Å². The van der Waals surface area contributed by atoms with E-state index in [1.54, 1.807) is 6.07 Å². The largest absolute Gasteiger partial charge is 0.416 e. The summed E-state index contributed by atoms with van der Waals surface area (Å²) in [6, 6.07) is 5.07. The summed E-state index contributed by atoms with van der Waals surface area (Å²) in [5, 5.41) is 0. The number of nitrogen functional groups attached to an aromatic ring is 1. The van der Waals surface area contributed by atoms with E-state index in [4.69, 9.17) is 5.73 Å². The molecule has 0 aromatic heterocycles. The Hall–Kier alpha value is -1.27. The van der Waals surface area contributed by atoms with Crippen LogP contribution in [-0.4, -0.2) is 42.0 Å². The molecular weight excluding hydrogens is 267 g/mol. The Bertz CT molecular complexity index is 503. The highest BCUT2D eigenvalue weighted by Gasteiger charge is 2.42. The number of piperazine rings is 1. The van der Waals surface area contributed by atoms with Crippen molar-refractivity contribution in [1.82, 2.24) is 9.80 Å². The molecule has 4 rings (SSSR count). The summed E-state index contributed by atoms with van der Waals surface area (Å²) in [5.41, 5.74) is 5.35. The van der Waals surface area contributed by atoms with Crippen LogP contribution in [-0.2, 0) is 12.7 Å². The first-order valence-electron chi connectivity index (χ1n) is 6.74. The van der Waals surface area contributed by atoms with Crippen LogP contribution in [0.5, 0.6) is 0 Å². The average molecular weight is 285 g/mol. The van der Waals surface area contributed by atoms with Crippen LogP contribution in [0.2, 0.25) is 0 Å².